The van der Waals surface area contributed by atoms with Gasteiger partial charge in [0, 0.05) is 10.1 Å². The van der Waals surface area contributed by atoms with Gasteiger partial charge in [0.2, 0.25) is 0 Å². The summed E-state index contributed by atoms with van der Waals surface area (Å²) in [5, 5.41) is 0. The summed E-state index contributed by atoms with van der Waals surface area (Å²) in [5.74, 6) is 0. The fourth-order valence-corrected chi connectivity index (χ4v) is 2.94. The van der Waals surface area contributed by atoms with Gasteiger partial charge >= 0.3 is 6.09 Å². The molecule has 1 aliphatic rings. The zero-order chi connectivity index (χ0) is 13.9. The van der Waals surface area contributed by atoms with E-state index in [9.17, 15) is 4.79 Å². The zero-order valence-corrected chi connectivity index (χ0v) is 13.0. The third-order valence-corrected chi connectivity index (χ3v) is 3.99. The highest BCUT2D eigenvalue weighted by Crippen LogP contribution is 2.27. The number of cyclic esters (lactones) is 1. The predicted molar refractivity (Wildman–Crippen MR) is 85.2 cm³/mol. The van der Waals surface area contributed by atoms with Gasteiger partial charge in [-0.2, -0.15) is 0 Å². The van der Waals surface area contributed by atoms with Gasteiger partial charge in [-0.25, -0.2) is 4.79 Å². The molecular weight excluding hydrogens is 365 g/mol. The molecule has 0 N–H and O–H groups in total. The topological polar surface area (TPSA) is 29.5 Å². The molecule has 1 aliphatic heterocycles. The molecule has 0 radical (unpaired) electrons. The molecule has 1 heterocycles. The van der Waals surface area contributed by atoms with Crippen molar-refractivity contribution in [2.75, 3.05) is 6.54 Å². The maximum atomic E-state index is 11.9. The summed E-state index contributed by atoms with van der Waals surface area (Å²) >= 11 is 2.28. The normalized spacial score (nSPS) is 18.1. The molecule has 1 atom stereocenters. The Labute approximate surface area is 131 Å². The molecule has 0 aromatic heterocycles. The van der Waals surface area contributed by atoms with Crippen molar-refractivity contribution >= 4 is 28.7 Å². The molecule has 0 aliphatic carbocycles. The number of amides is 1. The Balaban J connectivity index is 1.71. The lowest BCUT2D eigenvalue weighted by atomic mass is 10.1. The molecule has 20 heavy (non-hydrogen) atoms. The van der Waals surface area contributed by atoms with E-state index in [-0.39, 0.29) is 12.2 Å². The fourth-order valence-electron chi connectivity index (χ4n) is 2.33. The minimum Gasteiger partial charge on any atom is -0.439 e. The van der Waals surface area contributed by atoms with Crippen LogP contribution in [0.15, 0.2) is 54.6 Å². The quantitative estimate of drug-likeness (QED) is 0.755. The first-order chi connectivity index (χ1) is 9.72. The van der Waals surface area contributed by atoms with Gasteiger partial charge in [-0.3, -0.25) is 4.90 Å². The van der Waals surface area contributed by atoms with Crippen molar-refractivity contribution in [3.8, 4) is 0 Å². The molecule has 1 fully saturated rings. The molecule has 0 saturated carbocycles. The van der Waals surface area contributed by atoms with Crippen LogP contribution in [0.4, 0.5) is 4.79 Å². The molecule has 1 amide bonds. The average Bonchev–Trinajstić information content (AvgIpc) is 2.81. The van der Waals surface area contributed by atoms with Crippen LogP contribution in [0.3, 0.4) is 0 Å². The highest BCUT2D eigenvalue weighted by atomic mass is 127. The molecule has 1 saturated heterocycles. The van der Waals surface area contributed by atoms with Crippen LogP contribution in [0.2, 0.25) is 0 Å². The lowest BCUT2D eigenvalue weighted by Gasteiger charge is -2.13. The smallest absolute Gasteiger partial charge is 0.410 e. The highest BCUT2D eigenvalue weighted by molar-refractivity contribution is 14.1. The number of hydrogen-bond acceptors (Lipinski definition) is 2. The Bertz CT molecular complexity index is 615. The van der Waals surface area contributed by atoms with Gasteiger partial charge in [-0.05, 0) is 45.9 Å². The number of hydrogen-bond donors (Lipinski definition) is 0. The van der Waals surface area contributed by atoms with Gasteiger partial charge in [0.25, 0.3) is 0 Å². The van der Waals surface area contributed by atoms with E-state index in [0.29, 0.717) is 13.1 Å². The van der Waals surface area contributed by atoms with Crippen LogP contribution >= 0.6 is 22.6 Å². The van der Waals surface area contributed by atoms with E-state index in [1.54, 1.807) is 4.90 Å². The van der Waals surface area contributed by atoms with Crippen LogP contribution in [0.5, 0.6) is 0 Å². The van der Waals surface area contributed by atoms with Gasteiger partial charge < -0.3 is 4.74 Å². The van der Waals surface area contributed by atoms with Gasteiger partial charge in [0.05, 0.1) is 6.54 Å². The monoisotopic (exact) mass is 379 g/mol. The van der Waals surface area contributed by atoms with E-state index >= 15 is 0 Å². The third kappa shape index (κ3) is 2.95. The largest absolute Gasteiger partial charge is 0.439 e. The molecular formula is C16H14INO2. The number of halogens is 1. The summed E-state index contributed by atoms with van der Waals surface area (Å²) in [6, 6.07) is 18.0. The van der Waals surface area contributed by atoms with Crippen molar-refractivity contribution in [1.29, 1.82) is 0 Å². The number of ether oxygens (including phenoxy) is 1. The van der Waals surface area contributed by atoms with Crippen LogP contribution in [-0.4, -0.2) is 17.5 Å². The van der Waals surface area contributed by atoms with Gasteiger partial charge in [0.15, 0.2) is 0 Å². The minimum absolute atomic E-state index is 0.161. The third-order valence-electron chi connectivity index (χ3n) is 3.32. The molecule has 102 valence electrons. The van der Waals surface area contributed by atoms with Crippen molar-refractivity contribution in [2.24, 2.45) is 0 Å². The first kappa shape index (κ1) is 13.4. The van der Waals surface area contributed by atoms with E-state index in [1.165, 1.54) is 3.57 Å². The predicted octanol–water partition coefficient (Wildman–Crippen LogP) is 3.98. The van der Waals surface area contributed by atoms with Crippen LogP contribution in [-0.2, 0) is 11.3 Å². The van der Waals surface area contributed by atoms with E-state index in [2.05, 4.69) is 28.7 Å². The lowest BCUT2D eigenvalue weighted by Crippen LogP contribution is -2.23. The Morgan fingerprint density at radius 1 is 1.15 bits per heavy atom. The number of carbonyl (C=O) groups excluding carboxylic acids is 1. The molecule has 2 aromatic carbocycles. The van der Waals surface area contributed by atoms with Crippen molar-refractivity contribution in [3.05, 3.63) is 69.3 Å². The minimum atomic E-state index is -0.238. The number of nitrogens with zero attached hydrogens (tertiary/aromatic N) is 1. The molecule has 3 nitrogen and oxygen atoms in total. The molecule has 0 spiro atoms. The van der Waals surface area contributed by atoms with Crippen LogP contribution in [0, 0.1) is 3.57 Å². The Kier molecular flexibility index (Phi) is 3.91. The van der Waals surface area contributed by atoms with Crippen molar-refractivity contribution in [3.63, 3.8) is 0 Å². The van der Waals surface area contributed by atoms with Gasteiger partial charge in [-0.15, -0.1) is 0 Å². The lowest BCUT2D eigenvalue weighted by molar-refractivity contribution is 0.132. The summed E-state index contributed by atoms with van der Waals surface area (Å²) in [6.07, 6.45) is -0.399. The number of rotatable bonds is 3. The van der Waals surface area contributed by atoms with Crippen molar-refractivity contribution in [2.45, 2.75) is 12.6 Å². The average molecular weight is 379 g/mol. The molecule has 0 bridgehead atoms. The molecule has 2 aromatic rings. The maximum Gasteiger partial charge on any atom is 0.410 e. The second kappa shape index (κ2) is 5.83. The summed E-state index contributed by atoms with van der Waals surface area (Å²) < 4.78 is 6.62. The first-order valence-corrected chi connectivity index (χ1v) is 7.55. The number of carbonyl (C=O) groups is 1. The fraction of sp³-hybridized carbons (Fsp3) is 0.188. The molecule has 3 rings (SSSR count). The maximum absolute atomic E-state index is 11.9. The Morgan fingerprint density at radius 2 is 1.95 bits per heavy atom. The number of benzene rings is 2. The molecule has 0 unspecified atom stereocenters. The van der Waals surface area contributed by atoms with Gasteiger partial charge in [-0.1, -0.05) is 42.5 Å². The van der Waals surface area contributed by atoms with E-state index < -0.39 is 0 Å². The first-order valence-electron chi connectivity index (χ1n) is 6.47. The van der Waals surface area contributed by atoms with E-state index in [1.807, 2.05) is 48.5 Å². The van der Waals surface area contributed by atoms with Crippen LogP contribution < -0.4 is 0 Å². The van der Waals surface area contributed by atoms with Crippen molar-refractivity contribution < 1.29 is 9.53 Å². The second-order valence-corrected chi connectivity index (χ2v) is 6.04. The second-order valence-electron chi connectivity index (χ2n) is 4.79. The summed E-state index contributed by atoms with van der Waals surface area (Å²) in [4.78, 5) is 13.7. The Morgan fingerprint density at radius 3 is 2.70 bits per heavy atom. The molecule has 4 heteroatoms. The van der Waals surface area contributed by atoms with Gasteiger partial charge in [0.1, 0.15) is 6.10 Å². The standard InChI is InChI=1S/C16H14INO2/c17-14-8-4-5-12(9-14)10-18-11-15(20-16(18)19)13-6-2-1-3-7-13/h1-9,15H,10-11H2/t15-/m0/s1. The van der Waals surface area contributed by atoms with Crippen LogP contribution in [0.25, 0.3) is 0 Å². The highest BCUT2D eigenvalue weighted by Gasteiger charge is 2.31. The van der Waals surface area contributed by atoms with E-state index in [4.69, 9.17) is 4.74 Å². The van der Waals surface area contributed by atoms with Crippen molar-refractivity contribution in [1.82, 2.24) is 4.90 Å². The van der Waals surface area contributed by atoms with E-state index in [0.717, 1.165) is 11.1 Å². The van der Waals surface area contributed by atoms with Crippen LogP contribution in [0.1, 0.15) is 17.2 Å². The zero-order valence-electron chi connectivity index (χ0n) is 10.8. The summed E-state index contributed by atoms with van der Waals surface area (Å²) in [6.45, 7) is 1.20. The SMILES string of the molecule is O=C1O[C@H](c2ccccc2)CN1Cc1cccc(I)c1. The summed E-state index contributed by atoms with van der Waals surface area (Å²) in [5.41, 5.74) is 2.17. The Hall–Kier alpha value is -1.56. The summed E-state index contributed by atoms with van der Waals surface area (Å²) in [7, 11) is 0.